The summed E-state index contributed by atoms with van der Waals surface area (Å²) in [6.45, 7) is 1.93. The molecule has 2 amide bonds. The fourth-order valence-corrected chi connectivity index (χ4v) is 9.50. The number of fused-ring (bicyclic) bond motifs is 8. The van der Waals surface area contributed by atoms with Crippen molar-refractivity contribution < 1.29 is 22.7 Å². The van der Waals surface area contributed by atoms with Crippen LogP contribution in [-0.2, 0) is 26.3 Å². The number of nitrogens with zero attached hydrogens (tertiary/aromatic N) is 4. The molecule has 46 heavy (non-hydrogen) atoms. The van der Waals surface area contributed by atoms with Gasteiger partial charge in [0.25, 0.3) is 5.91 Å². The zero-order valence-electron chi connectivity index (χ0n) is 27.1. The first-order valence-corrected chi connectivity index (χ1v) is 18.1. The van der Waals surface area contributed by atoms with E-state index < -0.39 is 16.1 Å². The Morgan fingerprint density at radius 2 is 1.80 bits per heavy atom. The molecule has 4 aliphatic heterocycles. The molecule has 244 valence electrons. The summed E-state index contributed by atoms with van der Waals surface area (Å²) in [4.78, 5) is 32.5. The van der Waals surface area contributed by atoms with Crippen LogP contribution in [0.4, 0.5) is 0 Å². The lowest BCUT2D eigenvalue weighted by Gasteiger charge is -2.55. The Labute approximate surface area is 270 Å². The Balaban J connectivity index is 1.29. The largest absolute Gasteiger partial charge is 0.496 e. The SMILES string of the molecule is COc1ccc(C2CCCCC2)c2c1cc1n2CC2=C(C(=O)NS(=O)(=O)N(C)C)C2=C2C=CC[C@@H](C(=O)N3CC4CC(C3)N4C)C21. The highest BCUT2D eigenvalue weighted by Gasteiger charge is 2.50. The number of methoxy groups -OCH3 is 1. The third-order valence-corrected chi connectivity index (χ3v) is 13.0. The summed E-state index contributed by atoms with van der Waals surface area (Å²) < 4.78 is 36.9. The van der Waals surface area contributed by atoms with Crippen LogP contribution >= 0.6 is 0 Å². The molecule has 10 nitrogen and oxygen atoms in total. The molecule has 1 aromatic carbocycles. The van der Waals surface area contributed by atoms with Gasteiger partial charge in [0.2, 0.25) is 5.91 Å². The fraction of sp³-hybridized carbons (Fsp3) is 0.543. The van der Waals surface area contributed by atoms with Crippen LogP contribution in [0.5, 0.6) is 5.75 Å². The van der Waals surface area contributed by atoms with Crippen molar-refractivity contribution in [3.05, 3.63) is 63.9 Å². The number of benzene rings is 1. The minimum atomic E-state index is -3.97. The maximum Gasteiger partial charge on any atom is 0.303 e. The normalized spacial score (nSPS) is 27.6. The van der Waals surface area contributed by atoms with Gasteiger partial charge in [0.15, 0.2) is 0 Å². The molecule has 7 aliphatic rings. The number of amides is 2. The summed E-state index contributed by atoms with van der Waals surface area (Å²) in [6.07, 6.45) is 11.8. The van der Waals surface area contributed by atoms with Crippen molar-refractivity contribution in [2.45, 2.75) is 75.4 Å². The summed E-state index contributed by atoms with van der Waals surface area (Å²) in [7, 11) is 2.68. The van der Waals surface area contributed by atoms with E-state index >= 15 is 0 Å². The minimum absolute atomic E-state index is 0.164. The molecule has 4 fully saturated rings. The third-order valence-electron chi connectivity index (χ3n) is 11.6. The van der Waals surface area contributed by atoms with Crippen molar-refractivity contribution in [1.82, 2.24) is 23.4 Å². The summed E-state index contributed by atoms with van der Waals surface area (Å²) in [5, 5.41) is 1.03. The monoisotopic (exact) mass is 645 g/mol. The van der Waals surface area contributed by atoms with Gasteiger partial charge in [-0.2, -0.15) is 12.7 Å². The van der Waals surface area contributed by atoms with Crippen LogP contribution in [0.3, 0.4) is 0 Å². The van der Waals surface area contributed by atoms with Crippen LogP contribution in [0, 0.1) is 5.92 Å². The van der Waals surface area contributed by atoms with Crippen molar-refractivity contribution in [3.63, 3.8) is 0 Å². The van der Waals surface area contributed by atoms with E-state index in [2.05, 4.69) is 56.5 Å². The van der Waals surface area contributed by atoms with Gasteiger partial charge >= 0.3 is 10.2 Å². The second-order valence-corrected chi connectivity index (χ2v) is 16.1. The van der Waals surface area contributed by atoms with E-state index in [1.165, 1.54) is 38.9 Å². The lowest BCUT2D eigenvalue weighted by molar-refractivity contribution is -0.146. The number of nitrogens with one attached hydrogen (secondary N) is 1. The van der Waals surface area contributed by atoms with E-state index in [1.807, 2.05) is 0 Å². The van der Waals surface area contributed by atoms with Gasteiger partial charge in [-0.15, -0.1) is 0 Å². The molecule has 4 atom stereocenters. The van der Waals surface area contributed by atoms with E-state index in [-0.39, 0.29) is 17.7 Å². The molecule has 9 rings (SSSR count). The van der Waals surface area contributed by atoms with Gasteiger partial charge in [0.05, 0.1) is 24.1 Å². The standard InChI is InChI=1S/C35H43N5O5S/c1-37(2)46(43,44)36-34(41)32-27-19-40-28(16-26-29(45-4)14-13-23(33(26)40)20-9-6-5-7-10-20)30-24(31(27)32)11-8-12-25(30)35(42)39-17-21-15-22(18-39)38(21)3/h8,11,13-14,16,20-22,25,30H,5-7,9-10,12,15,17-19H2,1-4H3,(H,36,41)/t21?,22?,25-,30?/m1/s1. The molecule has 1 aromatic heterocycles. The second-order valence-electron chi connectivity index (χ2n) is 14.2. The Morgan fingerprint density at radius 1 is 1.07 bits per heavy atom. The number of likely N-dealkylation sites (N-methyl/N-ethyl adjacent to an activating group) is 1. The van der Waals surface area contributed by atoms with E-state index in [4.69, 9.17) is 4.74 Å². The quantitative estimate of drug-likeness (QED) is 0.513. The molecule has 11 heteroatoms. The Hall–Kier alpha value is -3.41. The van der Waals surface area contributed by atoms with Crippen molar-refractivity contribution in [3.8, 4) is 5.75 Å². The molecule has 3 unspecified atom stereocenters. The number of aromatic nitrogens is 1. The zero-order chi connectivity index (χ0) is 32.1. The minimum Gasteiger partial charge on any atom is -0.496 e. The summed E-state index contributed by atoms with van der Waals surface area (Å²) in [5.41, 5.74) is 6.50. The lowest BCUT2D eigenvalue weighted by Crippen LogP contribution is -2.68. The lowest BCUT2D eigenvalue weighted by atomic mass is 9.75. The van der Waals surface area contributed by atoms with E-state index in [1.54, 1.807) is 7.11 Å². The number of carbonyl (C=O) groups excluding carboxylic acids is 2. The van der Waals surface area contributed by atoms with Crippen molar-refractivity contribution in [2.75, 3.05) is 41.3 Å². The summed E-state index contributed by atoms with van der Waals surface area (Å²) in [6, 6.07) is 7.34. The third kappa shape index (κ3) is 4.52. The summed E-state index contributed by atoms with van der Waals surface area (Å²) in [5.74, 6) is 0.186. The topological polar surface area (TPSA) is 104 Å². The molecule has 0 radical (unpaired) electrons. The molecule has 0 spiro atoms. The van der Waals surface area contributed by atoms with Gasteiger partial charge in [-0.05, 0) is 73.1 Å². The maximum atomic E-state index is 14.5. The first-order valence-electron chi connectivity index (χ1n) is 16.7. The average molecular weight is 646 g/mol. The molecule has 5 heterocycles. The number of piperazine rings is 1. The molecule has 3 aliphatic carbocycles. The number of hydrogen-bond donors (Lipinski definition) is 1. The van der Waals surface area contributed by atoms with Crippen LogP contribution in [-0.4, -0.2) is 92.3 Å². The Kier molecular flexibility index (Phi) is 7.04. The number of allylic oxidation sites excluding steroid dienone is 4. The number of hydrogen-bond acceptors (Lipinski definition) is 6. The highest BCUT2D eigenvalue weighted by molar-refractivity contribution is 7.87. The van der Waals surface area contributed by atoms with Crippen LogP contribution in [0.15, 0.2) is 52.6 Å². The molecule has 2 aromatic rings. The van der Waals surface area contributed by atoms with Crippen LogP contribution < -0.4 is 9.46 Å². The first-order chi connectivity index (χ1) is 22.1. The Bertz CT molecular complexity index is 1850. The molecule has 1 N–H and O–H groups in total. The molecular formula is C35H43N5O5S. The zero-order valence-corrected chi connectivity index (χ0v) is 27.9. The number of carbonyl (C=O) groups is 2. The van der Waals surface area contributed by atoms with Gasteiger partial charge in [0.1, 0.15) is 5.75 Å². The number of ether oxygens (including phenoxy) is 1. The predicted molar refractivity (Wildman–Crippen MR) is 176 cm³/mol. The van der Waals surface area contributed by atoms with Gasteiger partial charge in [-0.1, -0.05) is 37.5 Å². The number of rotatable bonds is 6. The maximum absolute atomic E-state index is 14.5. The molecular weight excluding hydrogens is 602 g/mol. The van der Waals surface area contributed by atoms with Crippen LogP contribution in [0.1, 0.15) is 68.0 Å². The van der Waals surface area contributed by atoms with Gasteiger partial charge in [-0.25, -0.2) is 4.72 Å². The predicted octanol–water partition coefficient (Wildman–Crippen LogP) is 3.82. The van der Waals surface area contributed by atoms with Gasteiger partial charge in [-0.3, -0.25) is 14.5 Å². The molecule has 3 saturated heterocycles. The van der Waals surface area contributed by atoms with E-state index in [9.17, 15) is 18.0 Å². The first kappa shape index (κ1) is 30.0. The smallest absolute Gasteiger partial charge is 0.303 e. The van der Waals surface area contributed by atoms with E-state index in [0.717, 1.165) is 75.7 Å². The van der Waals surface area contributed by atoms with Crippen LogP contribution in [0.2, 0.25) is 0 Å². The average Bonchev–Trinajstić information content (AvgIpc) is 3.69. The highest BCUT2D eigenvalue weighted by Crippen LogP contribution is 2.55. The van der Waals surface area contributed by atoms with Crippen molar-refractivity contribution in [2.24, 2.45) is 5.92 Å². The van der Waals surface area contributed by atoms with Gasteiger partial charge in [0, 0.05) is 62.8 Å². The van der Waals surface area contributed by atoms with E-state index in [0.29, 0.717) is 36.5 Å². The van der Waals surface area contributed by atoms with Crippen molar-refractivity contribution >= 4 is 32.9 Å². The second kappa shape index (κ2) is 10.8. The molecule has 2 bridgehead atoms. The van der Waals surface area contributed by atoms with Gasteiger partial charge < -0.3 is 14.2 Å². The fourth-order valence-electron chi connectivity index (χ4n) is 8.98. The van der Waals surface area contributed by atoms with Crippen LogP contribution in [0.25, 0.3) is 10.9 Å². The Morgan fingerprint density at radius 3 is 2.48 bits per heavy atom. The molecule has 1 saturated carbocycles. The highest BCUT2D eigenvalue weighted by atomic mass is 32.2. The number of piperidine rings is 1. The van der Waals surface area contributed by atoms with Crippen molar-refractivity contribution in [1.29, 1.82) is 0 Å². The summed E-state index contributed by atoms with van der Waals surface area (Å²) >= 11 is 0.